The van der Waals surface area contributed by atoms with E-state index in [2.05, 4.69) is 10.1 Å². The maximum absolute atomic E-state index is 12.8. The van der Waals surface area contributed by atoms with E-state index in [0.717, 1.165) is 32.6 Å². The van der Waals surface area contributed by atoms with Gasteiger partial charge >= 0.3 is 0 Å². The standard InChI is InChI=1S/C21H25N3O4/c1-15(25)16-5-7-18(8-6-16)27-14-19-12-20(22-28-19)21(26)24-11-10-23-9-3-2-4-17(23)13-24/h5-8,12,17H,2-4,9-11,13-14H2,1H3/t17-/m1/s1. The summed E-state index contributed by atoms with van der Waals surface area (Å²) in [4.78, 5) is 28.5. The fraction of sp³-hybridized carbons (Fsp3) is 0.476. The molecule has 7 nitrogen and oxygen atoms in total. The second-order valence-electron chi connectivity index (χ2n) is 7.48. The molecule has 1 atom stereocenters. The number of aromatic nitrogens is 1. The number of rotatable bonds is 5. The molecule has 2 aliphatic heterocycles. The molecule has 1 aromatic carbocycles. The average Bonchev–Trinajstić information content (AvgIpc) is 3.20. The molecule has 0 N–H and O–H groups in total. The molecule has 0 saturated carbocycles. The number of hydrogen-bond donors (Lipinski definition) is 0. The number of carbonyl (C=O) groups is 2. The molecule has 0 bridgehead atoms. The Hall–Kier alpha value is -2.67. The summed E-state index contributed by atoms with van der Waals surface area (Å²) in [7, 11) is 0. The number of benzene rings is 1. The van der Waals surface area contributed by atoms with E-state index in [4.69, 9.17) is 9.26 Å². The summed E-state index contributed by atoms with van der Waals surface area (Å²) in [6.07, 6.45) is 3.65. The minimum absolute atomic E-state index is 0.0130. The van der Waals surface area contributed by atoms with Crippen LogP contribution in [0.1, 0.15) is 52.8 Å². The maximum Gasteiger partial charge on any atom is 0.276 e. The van der Waals surface area contributed by atoms with Crippen molar-refractivity contribution in [2.24, 2.45) is 0 Å². The monoisotopic (exact) mass is 383 g/mol. The van der Waals surface area contributed by atoms with Crippen molar-refractivity contribution in [2.45, 2.75) is 38.8 Å². The van der Waals surface area contributed by atoms with Crippen LogP contribution in [-0.2, 0) is 6.61 Å². The Morgan fingerprint density at radius 1 is 1.18 bits per heavy atom. The molecule has 2 fully saturated rings. The van der Waals surface area contributed by atoms with E-state index in [9.17, 15) is 9.59 Å². The summed E-state index contributed by atoms with van der Waals surface area (Å²) in [5.74, 6) is 1.06. The fourth-order valence-corrected chi connectivity index (χ4v) is 3.92. The maximum atomic E-state index is 12.8. The van der Waals surface area contributed by atoms with Crippen LogP contribution < -0.4 is 4.74 Å². The number of fused-ring (bicyclic) bond motifs is 1. The van der Waals surface area contributed by atoms with Crippen LogP contribution in [0, 0.1) is 0 Å². The SMILES string of the molecule is CC(=O)c1ccc(OCc2cc(C(=O)N3CCN4CCCC[C@@H]4C3)no2)cc1. The Morgan fingerprint density at radius 3 is 2.79 bits per heavy atom. The molecule has 0 radical (unpaired) electrons. The number of ether oxygens (including phenoxy) is 1. The predicted octanol–water partition coefficient (Wildman–Crippen LogP) is 2.77. The van der Waals surface area contributed by atoms with Crippen LogP contribution in [0.25, 0.3) is 0 Å². The summed E-state index contributed by atoms with van der Waals surface area (Å²) >= 11 is 0. The van der Waals surface area contributed by atoms with Crippen LogP contribution in [0.2, 0.25) is 0 Å². The van der Waals surface area contributed by atoms with Gasteiger partial charge in [-0.1, -0.05) is 11.6 Å². The molecule has 148 valence electrons. The van der Waals surface area contributed by atoms with Gasteiger partial charge in [-0.3, -0.25) is 14.5 Å². The zero-order valence-corrected chi connectivity index (χ0v) is 16.1. The van der Waals surface area contributed by atoms with Crippen molar-refractivity contribution in [2.75, 3.05) is 26.2 Å². The largest absolute Gasteiger partial charge is 0.486 e. The summed E-state index contributed by atoms with van der Waals surface area (Å²) < 4.78 is 10.9. The Balaban J connectivity index is 1.33. The van der Waals surface area contributed by atoms with Crippen molar-refractivity contribution in [3.05, 3.63) is 47.3 Å². The van der Waals surface area contributed by atoms with E-state index in [-0.39, 0.29) is 18.3 Å². The Bertz CT molecular complexity index is 846. The third-order valence-electron chi connectivity index (χ3n) is 5.54. The molecule has 3 heterocycles. The molecule has 28 heavy (non-hydrogen) atoms. The molecule has 1 amide bonds. The third kappa shape index (κ3) is 4.09. The first-order valence-corrected chi connectivity index (χ1v) is 9.83. The molecule has 0 spiro atoms. The Labute approximate surface area is 164 Å². The first kappa shape index (κ1) is 18.7. The molecule has 2 saturated heterocycles. The highest BCUT2D eigenvalue weighted by molar-refractivity contribution is 5.94. The smallest absolute Gasteiger partial charge is 0.276 e. The first-order chi connectivity index (χ1) is 13.6. The van der Waals surface area contributed by atoms with Gasteiger partial charge in [-0.15, -0.1) is 0 Å². The van der Waals surface area contributed by atoms with Crippen LogP contribution in [0.3, 0.4) is 0 Å². The van der Waals surface area contributed by atoms with Gasteiger partial charge < -0.3 is 14.2 Å². The van der Waals surface area contributed by atoms with Crippen molar-refractivity contribution in [1.82, 2.24) is 15.0 Å². The summed E-state index contributed by atoms with van der Waals surface area (Å²) in [5.41, 5.74) is 0.966. The predicted molar refractivity (Wildman–Crippen MR) is 102 cm³/mol. The number of amides is 1. The van der Waals surface area contributed by atoms with Gasteiger partial charge in [-0.25, -0.2) is 0 Å². The van der Waals surface area contributed by atoms with E-state index >= 15 is 0 Å². The van der Waals surface area contributed by atoms with Gasteiger partial charge in [0.1, 0.15) is 12.4 Å². The number of ketones is 1. The van der Waals surface area contributed by atoms with E-state index in [1.165, 1.54) is 19.8 Å². The van der Waals surface area contributed by atoms with Gasteiger partial charge in [0.15, 0.2) is 17.2 Å². The molecular weight excluding hydrogens is 358 g/mol. The summed E-state index contributed by atoms with van der Waals surface area (Å²) in [6, 6.07) is 9.04. The lowest BCUT2D eigenvalue weighted by Gasteiger charge is -2.43. The lowest BCUT2D eigenvalue weighted by molar-refractivity contribution is 0.0365. The molecule has 2 aromatic rings. The van der Waals surface area contributed by atoms with E-state index in [1.807, 2.05) is 4.90 Å². The number of hydrogen-bond acceptors (Lipinski definition) is 6. The Morgan fingerprint density at radius 2 is 2.00 bits per heavy atom. The zero-order valence-electron chi connectivity index (χ0n) is 16.1. The number of nitrogens with zero attached hydrogens (tertiary/aromatic N) is 3. The second kappa shape index (κ2) is 8.14. The summed E-state index contributed by atoms with van der Waals surface area (Å²) in [5, 5.41) is 3.94. The van der Waals surface area contributed by atoms with Gasteiger partial charge in [-0.2, -0.15) is 0 Å². The minimum atomic E-state index is -0.0777. The van der Waals surface area contributed by atoms with Crippen LogP contribution >= 0.6 is 0 Å². The van der Waals surface area contributed by atoms with E-state index in [1.54, 1.807) is 30.3 Å². The van der Waals surface area contributed by atoms with Crippen molar-refractivity contribution in [3.8, 4) is 5.75 Å². The first-order valence-electron chi connectivity index (χ1n) is 9.83. The lowest BCUT2D eigenvalue weighted by atomic mass is 9.99. The number of piperidine rings is 1. The number of carbonyl (C=O) groups excluding carboxylic acids is 2. The van der Waals surface area contributed by atoms with Crippen LogP contribution in [0.5, 0.6) is 5.75 Å². The average molecular weight is 383 g/mol. The van der Waals surface area contributed by atoms with Crippen LogP contribution in [0.15, 0.2) is 34.9 Å². The Kier molecular flexibility index (Phi) is 5.43. The van der Waals surface area contributed by atoms with Crippen molar-refractivity contribution in [3.63, 3.8) is 0 Å². The zero-order chi connectivity index (χ0) is 19.5. The third-order valence-corrected chi connectivity index (χ3v) is 5.54. The molecule has 1 aromatic heterocycles. The molecule has 0 unspecified atom stereocenters. The second-order valence-corrected chi connectivity index (χ2v) is 7.48. The molecule has 7 heteroatoms. The van der Waals surface area contributed by atoms with Gasteiger partial charge in [0.25, 0.3) is 5.91 Å². The highest BCUT2D eigenvalue weighted by atomic mass is 16.5. The highest BCUT2D eigenvalue weighted by Gasteiger charge is 2.32. The minimum Gasteiger partial charge on any atom is -0.486 e. The molecule has 2 aliphatic rings. The van der Waals surface area contributed by atoms with Crippen molar-refractivity contribution < 1.29 is 18.8 Å². The quantitative estimate of drug-likeness (QED) is 0.739. The van der Waals surface area contributed by atoms with Gasteiger partial charge in [0, 0.05) is 37.3 Å². The van der Waals surface area contributed by atoms with E-state index < -0.39 is 0 Å². The highest BCUT2D eigenvalue weighted by Crippen LogP contribution is 2.22. The van der Waals surface area contributed by atoms with Gasteiger partial charge in [0.2, 0.25) is 0 Å². The van der Waals surface area contributed by atoms with E-state index in [0.29, 0.717) is 28.8 Å². The lowest BCUT2D eigenvalue weighted by Crippen LogP contribution is -2.56. The van der Waals surface area contributed by atoms with Crippen molar-refractivity contribution >= 4 is 11.7 Å². The van der Waals surface area contributed by atoms with Crippen LogP contribution in [0.4, 0.5) is 0 Å². The summed E-state index contributed by atoms with van der Waals surface area (Å²) in [6.45, 7) is 5.27. The number of piperazine rings is 1. The molecule has 4 rings (SSSR count). The van der Waals surface area contributed by atoms with Crippen molar-refractivity contribution in [1.29, 1.82) is 0 Å². The topological polar surface area (TPSA) is 75.9 Å². The van der Waals surface area contributed by atoms with Gasteiger partial charge in [0.05, 0.1) is 0 Å². The van der Waals surface area contributed by atoms with Crippen LogP contribution in [-0.4, -0.2) is 58.9 Å². The normalized spacial score (nSPS) is 19.9. The molecular formula is C21H25N3O4. The molecule has 0 aliphatic carbocycles. The van der Waals surface area contributed by atoms with Gasteiger partial charge in [-0.05, 0) is 50.6 Å². The fourth-order valence-electron chi connectivity index (χ4n) is 3.92. The number of Topliss-reactive ketones (excluding diaryl/α,β-unsaturated/α-hetero) is 1.